The number of hydrogen-bond acceptors (Lipinski definition) is 5. The molecule has 23 heavy (non-hydrogen) atoms. The summed E-state index contributed by atoms with van der Waals surface area (Å²) in [5.74, 6) is -0.0230. The van der Waals surface area contributed by atoms with Crippen LogP contribution in [0.2, 0.25) is 0 Å². The maximum atomic E-state index is 11.9. The lowest BCUT2D eigenvalue weighted by Gasteiger charge is -2.28. The zero-order chi connectivity index (χ0) is 15.9. The molecule has 128 valence electrons. The van der Waals surface area contributed by atoms with Crippen molar-refractivity contribution >= 4 is 29.7 Å². The number of para-hydroxylation sites is 2. The summed E-state index contributed by atoms with van der Waals surface area (Å²) >= 11 is 0. The van der Waals surface area contributed by atoms with Crippen molar-refractivity contribution in [2.45, 2.75) is 38.3 Å². The predicted molar refractivity (Wildman–Crippen MR) is 92.1 cm³/mol. The number of benzene rings is 1. The number of nitro groups is 1. The lowest BCUT2D eigenvalue weighted by molar-refractivity contribution is -0.384. The highest BCUT2D eigenvalue weighted by Crippen LogP contribution is 2.22. The first kappa shape index (κ1) is 19.2. The number of nitro benzene ring substituents is 1. The number of hydrogen-bond donors (Lipinski definition) is 3. The minimum atomic E-state index is -0.432. The summed E-state index contributed by atoms with van der Waals surface area (Å²) in [7, 11) is 0. The minimum Gasteiger partial charge on any atom is -0.379 e. The molecule has 0 saturated carbocycles. The van der Waals surface area contributed by atoms with Crippen LogP contribution in [-0.4, -0.2) is 36.0 Å². The molecule has 2 unspecified atom stereocenters. The van der Waals surface area contributed by atoms with Crippen LogP contribution in [0.15, 0.2) is 24.3 Å². The van der Waals surface area contributed by atoms with Gasteiger partial charge in [-0.2, -0.15) is 0 Å². The van der Waals surface area contributed by atoms with Crippen LogP contribution in [0, 0.1) is 10.1 Å². The van der Waals surface area contributed by atoms with Gasteiger partial charge in [0.05, 0.1) is 4.92 Å². The van der Waals surface area contributed by atoms with E-state index in [1.54, 1.807) is 18.2 Å². The van der Waals surface area contributed by atoms with Crippen LogP contribution in [0.4, 0.5) is 11.4 Å². The molecule has 3 N–H and O–H groups in total. The number of halogens is 1. The Morgan fingerprint density at radius 1 is 1.43 bits per heavy atom. The average molecular weight is 343 g/mol. The smallest absolute Gasteiger partial charge is 0.292 e. The van der Waals surface area contributed by atoms with E-state index >= 15 is 0 Å². The van der Waals surface area contributed by atoms with Gasteiger partial charge < -0.3 is 16.0 Å². The number of nitrogens with one attached hydrogen (secondary N) is 3. The standard InChI is InChI=1S/C15H22N4O3.ClH/c1-11-10-12(6-8-16-11)18-15(20)7-9-17-13-4-2-3-5-14(13)19(21)22;/h2-5,11-12,16-17H,6-10H2,1H3,(H,18,20);1H. The van der Waals surface area contributed by atoms with Crippen LogP contribution in [0.25, 0.3) is 0 Å². The van der Waals surface area contributed by atoms with Crippen LogP contribution < -0.4 is 16.0 Å². The highest BCUT2D eigenvalue weighted by molar-refractivity contribution is 5.85. The number of piperidine rings is 1. The summed E-state index contributed by atoms with van der Waals surface area (Å²) in [5.41, 5.74) is 0.464. The van der Waals surface area contributed by atoms with Crippen LogP contribution in [0.1, 0.15) is 26.2 Å². The van der Waals surface area contributed by atoms with Crippen molar-refractivity contribution in [3.63, 3.8) is 0 Å². The Morgan fingerprint density at radius 2 is 2.17 bits per heavy atom. The highest BCUT2D eigenvalue weighted by Gasteiger charge is 2.19. The fraction of sp³-hybridized carbons (Fsp3) is 0.533. The van der Waals surface area contributed by atoms with Gasteiger partial charge in [0.1, 0.15) is 5.69 Å². The topological polar surface area (TPSA) is 96.3 Å². The zero-order valence-corrected chi connectivity index (χ0v) is 13.9. The molecule has 0 aliphatic carbocycles. The van der Waals surface area contributed by atoms with Crippen molar-refractivity contribution in [1.29, 1.82) is 0 Å². The third kappa shape index (κ3) is 6.03. The van der Waals surface area contributed by atoms with E-state index in [4.69, 9.17) is 0 Å². The quantitative estimate of drug-likeness (QED) is 0.543. The lowest BCUT2D eigenvalue weighted by atomic mass is 10.0. The fourth-order valence-electron chi connectivity index (χ4n) is 2.66. The van der Waals surface area contributed by atoms with E-state index in [-0.39, 0.29) is 30.0 Å². The van der Waals surface area contributed by atoms with Crippen LogP contribution in [0.5, 0.6) is 0 Å². The Kier molecular flexibility index (Phi) is 7.77. The van der Waals surface area contributed by atoms with E-state index < -0.39 is 4.92 Å². The maximum Gasteiger partial charge on any atom is 0.292 e. The zero-order valence-electron chi connectivity index (χ0n) is 13.1. The molecule has 0 radical (unpaired) electrons. The van der Waals surface area contributed by atoms with Crippen LogP contribution in [0.3, 0.4) is 0 Å². The summed E-state index contributed by atoms with van der Waals surface area (Å²) in [5, 5.41) is 20.2. The SMILES string of the molecule is CC1CC(NC(=O)CCNc2ccccc2[N+](=O)[O-])CCN1.Cl. The lowest BCUT2D eigenvalue weighted by Crippen LogP contribution is -2.46. The number of carbonyl (C=O) groups excluding carboxylic acids is 1. The summed E-state index contributed by atoms with van der Waals surface area (Å²) in [4.78, 5) is 22.4. The molecular weight excluding hydrogens is 320 g/mol. The first-order chi connectivity index (χ1) is 10.6. The molecule has 2 rings (SSSR count). The van der Waals surface area contributed by atoms with E-state index in [9.17, 15) is 14.9 Å². The van der Waals surface area contributed by atoms with Gasteiger partial charge >= 0.3 is 0 Å². The van der Waals surface area contributed by atoms with Gasteiger partial charge in [0.25, 0.3) is 5.69 Å². The second kappa shape index (κ2) is 9.32. The number of rotatable bonds is 6. The third-order valence-electron chi connectivity index (χ3n) is 3.76. The van der Waals surface area contributed by atoms with Gasteiger partial charge in [-0.3, -0.25) is 14.9 Å². The van der Waals surface area contributed by atoms with E-state index in [1.165, 1.54) is 6.07 Å². The van der Waals surface area contributed by atoms with E-state index in [0.717, 1.165) is 19.4 Å². The molecule has 1 fully saturated rings. The fourth-order valence-corrected chi connectivity index (χ4v) is 2.66. The molecule has 2 atom stereocenters. The molecule has 7 nitrogen and oxygen atoms in total. The van der Waals surface area contributed by atoms with Gasteiger partial charge in [-0.1, -0.05) is 12.1 Å². The molecule has 0 aromatic heterocycles. The molecule has 0 bridgehead atoms. The first-order valence-corrected chi connectivity index (χ1v) is 7.56. The van der Waals surface area contributed by atoms with Gasteiger partial charge in [-0.15, -0.1) is 12.4 Å². The molecule has 1 aromatic carbocycles. The molecular formula is C15H23ClN4O3. The number of amides is 1. The molecule has 1 amide bonds. The molecule has 1 aliphatic rings. The third-order valence-corrected chi connectivity index (χ3v) is 3.76. The Labute approximate surface area is 141 Å². The van der Waals surface area contributed by atoms with Crippen molar-refractivity contribution in [3.05, 3.63) is 34.4 Å². The van der Waals surface area contributed by atoms with Crippen molar-refractivity contribution < 1.29 is 9.72 Å². The van der Waals surface area contributed by atoms with Crippen molar-refractivity contribution in [2.24, 2.45) is 0 Å². The van der Waals surface area contributed by atoms with E-state index in [0.29, 0.717) is 24.7 Å². The minimum absolute atomic E-state index is 0. The summed E-state index contributed by atoms with van der Waals surface area (Å²) in [6, 6.07) is 7.07. The molecule has 1 heterocycles. The second-order valence-corrected chi connectivity index (χ2v) is 5.60. The molecule has 1 saturated heterocycles. The van der Waals surface area contributed by atoms with Gasteiger partial charge in [-0.25, -0.2) is 0 Å². The first-order valence-electron chi connectivity index (χ1n) is 7.56. The number of carbonyl (C=O) groups is 1. The average Bonchev–Trinajstić information content (AvgIpc) is 2.47. The van der Waals surface area contributed by atoms with Crippen LogP contribution >= 0.6 is 12.4 Å². The normalized spacial score (nSPS) is 20.2. The molecule has 0 spiro atoms. The maximum absolute atomic E-state index is 11.9. The van der Waals surface area contributed by atoms with Gasteiger partial charge in [0.2, 0.25) is 5.91 Å². The Bertz CT molecular complexity index is 541. The second-order valence-electron chi connectivity index (χ2n) is 5.60. The van der Waals surface area contributed by atoms with E-state index in [2.05, 4.69) is 22.9 Å². The van der Waals surface area contributed by atoms with E-state index in [1.807, 2.05) is 0 Å². The van der Waals surface area contributed by atoms with Crippen molar-refractivity contribution in [1.82, 2.24) is 10.6 Å². The van der Waals surface area contributed by atoms with Crippen molar-refractivity contribution in [3.8, 4) is 0 Å². The largest absolute Gasteiger partial charge is 0.379 e. The predicted octanol–water partition coefficient (Wildman–Crippen LogP) is 2.08. The van der Waals surface area contributed by atoms with Gasteiger partial charge in [-0.05, 0) is 32.4 Å². The molecule has 1 aliphatic heterocycles. The Balaban J connectivity index is 0.00000264. The number of anilines is 1. The van der Waals surface area contributed by atoms with Crippen LogP contribution in [-0.2, 0) is 4.79 Å². The monoisotopic (exact) mass is 342 g/mol. The van der Waals surface area contributed by atoms with Crippen molar-refractivity contribution in [2.75, 3.05) is 18.4 Å². The number of nitrogens with zero attached hydrogens (tertiary/aromatic N) is 1. The molecule has 1 aromatic rings. The summed E-state index contributed by atoms with van der Waals surface area (Å²) in [6.07, 6.45) is 2.17. The van der Waals surface area contributed by atoms with Gasteiger partial charge in [0, 0.05) is 31.1 Å². The van der Waals surface area contributed by atoms with Gasteiger partial charge in [0.15, 0.2) is 0 Å². The summed E-state index contributed by atoms with van der Waals surface area (Å²) in [6.45, 7) is 3.40. The summed E-state index contributed by atoms with van der Waals surface area (Å²) < 4.78 is 0. The Morgan fingerprint density at radius 3 is 2.87 bits per heavy atom. The Hall–Kier alpha value is -1.86. The highest BCUT2D eigenvalue weighted by atomic mass is 35.5. The molecule has 8 heteroatoms.